The molecule has 1 aromatic heterocycles. The van der Waals surface area contributed by atoms with Gasteiger partial charge in [0.05, 0.1) is 12.7 Å². The van der Waals surface area contributed by atoms with Crippen LogP contribution in [0.1, 0.15) is 17.3 Å². The third kappa shape index (κ3) is 3.51. The van der Waals surface area contributed by atoms with Crippen LogP contribution in [0.3, 0.4) is 0 Å². The highest BCUT2D eigenvalue weighted by Gasteiger charge is 2.14. The van der Waals surface area contributed by atoms with E-state index in [-0.39, 0.29) is 23.1 Å². The van der Waals surface area contributed by atoms with E-state index >= 15 is 0 Å². The smallest absolute Gasteiger partial charge is 0.252 e. The lowest BCUT2D eigenvalue weighted by Crippen LogP contribution is -2.13. The Morgan fingerprint density at radius 3 is 2.68 bits per heavy atom. The van der Waals surface area contributed by atoms with Gasteiger partial charge in [0.15, 0.2) is 0 Å². The fourth-order valence-corrected chi connectivity index (χ4v) is 1.78. The van der Waals surface area contributed by atoms with Gasteiger partial charge in [0, 0.05) is 13.1 Å². The molecule has 0 bridgehead atoms. The van der Waals surface area contributed by atoms with Gasteiger partial charge >= 0.3 is 0 Å². The Labute approximate surface area is 127 Å². The summed E-state index contributed by atoms with van der Waals surface area (Å²) in [5, 5.41) is 2.60. The van der Waals surface area contributed by atoms with Gasteiger partial charge in [-0.25, -0.2) is 4.98 Å². The van der Waals surface area contributed by atoms with E-state index in [1.165, 1.54) is 26.3 Å². The number of ether oxygens (including phenoxy) is 2. The molecule has 22 heavy (non-hydrogen) atoms. The van der Waals surface area contributed by atoms with Crippen LogP contribution in [0.5, 0.6) is 17.4 Å². The predicted molar refractivity (Wildman–Crippen MR) is 80.1 cm³/mol. The molecule has 3 N–H and O–H groups in total. The average Bonchev–Trinajstić information content (AvgIpc) is 2.49. The molecule has 0 saturated carbocycles. The molecule has 0 spiro atoms. The summed E-state index contributed by atoms with van der Waals surface area (Å²) in [4.78, 5) is 26.8. The molecule has 7 heteroatoms. The molecule has 0 radical (unpaired) electrons. The van der Waals surface area contributed by atoms with Crippen LogP contribution in [0.2, 0.25) is 0 Å². The molecule has 0 aliphatic carbocycles. The number of pyridine rings is 1. The quantitative estimate of drug-likeness (QED) is 0.878. The Kier molecular flexibility index (Phi) is 4.57. The van der Waals surface area contributed by atoms with Gasteiger partial charge in [0.1, 0.15) is 17.2 Å². The number of hydrogen-bond donors (Lipinski definition) is 2. The fraction of sp³-hybridized carbons (Fsp3) is 0.133. The molecule has 0 unspecified atom stereocenters. The minimum absolute atomic E-state index is 0.152. The Balaban J connectivity index is 2.39. The van der Waals surface area contributed by atoms with Crippen LogP contribution in [-0.4, -0.2) is 23.9 Å². The topological polar surface area (TPSA) is 104 Å². The number of anilines is 1. The Hall–Kier alpha value is -3.09. The van der Waals surface area contributed by atoms with Crippen molar-refractivity contribution in [3.63, 3.8) is 0 Å². The standard InChI is InChI=1S/C15H15N3O4/c1-9(19)18-12-4-3-7-17-15(12)22-13-6-5-10(21-2)8-11(13)14(16)20/h3-8H,1-2H3,(H2,16,20)(H,18,19). The van der Waals surface area contributed by atoms with Crippen molar-refractivity contribution in [3.05, 3.63) is 42.1 Å². The van der Waals surface area contributed by atoms with Gasteiger partial charge in [-0.05, 0) is 30.3 Å². The van der Waals surface area contributed by atoms with Crippen LogP contribution >= 0.6 is 0 Å². The Morgan fingerprint density at radius 2 is 2.05 bits per heavy atom. The highest BCUT2D eigenvalue weighted by molar-refractivity contribution is 5.96. The molecular formula is C15H15N3O4. The third-order valence-corrected chi connectivity index (χ3v) is 2.74. The zero-order valence-corrected chi connectivity index (χ0v) is 12.1. The van der Waals surface area contributed by atoms with Crippen LogP contribution in [0.4, 0.5) is 5.69 Å². The maximum atomic E-state index is 11.5. The summed E-state index contributed by atoms with van der Waals surface area (Å²) in [7, 11) is 1.48. The molecule has 2 aromatic rings. The fourth-order valence-electron chi connectivity index (χ4n) is 1.78. The number of carbonyl (C=O) groups is 2. The Morgan fingerprint density at radius 1 is 1.27 bits per heavy atom. The molecule has 0 atom stereocenters. The van der Waals surface area contributed by atoms with Crippen molar-refractivity contribution in [2.24, 2.45) is 5.73 Å². The molecule has 0 aliphatic rings. The van der Waals surface area contributed by atoms with E-state index in [0.29, 0.717) is 11.4 Å². The van der Waals surface area contributed by atoms with Crippen molar-refractivity contribution >= 4 is 17.5 Å². The van der Waals surface area contributed by atoms with Gasteiger partial charge in [0.25, 0.3) is 5.91 Å². The number of aromatic nitrogens is 1. The normalized spacial score (nSPS) is 9.91. The lowest BCUT2D eigenvalue weighted by atomic mass is 10.2. The van der Waals surface area contributed by atoms with E-state index in [1.807, 2.05) is 0 Å². The van der Waals surface area contributed by atoms with Crippen LogP contribution in [0, 0.1) is 0 Å². The second-order valence-corrected chi connectivity index (χ2v) is 4.37. The zero-order chi connectivity index (χ0) is 16.1. The summed E-state index contributed by atoms with van der Waals surface area (Å²) in [6.07, 6.45) is 1.51. The molecule has 7 nitrogen and oxygen atoms in total. The van der Waals surface area contributed by atoms with Crippen molar-refractivity contribution in [1.29, 1.82) is 0 Å². The van der Waals surface area contributed by atoms with E-state index in [2.05, 4.69) is 10.3 Å². The first kappa shape index (κ1) is 15.3. The van der Waals surface area contributed by atoms with Crippen LogP contribution in [-0.2, 0) is 4.79 Å². The van der Waals surface area contributed by atoms with Gasteiger partial charge in [-0.2, -0.15) is 0 Å². The summed E-state index contributed by atoms with van der Waals surface area (Å²) in [6.45, 7) is 1.37. The number of primary amides is 1. The van der Waals surface area contributed by atoms with Crippen molar-refractivity contribution in [1.82, 2.24) is 4.98 Å². The minimum Gasteiger partial charge on any atom is -0.497 e. The second kappa shape index (κ2) is 6.57. The largest absolute Gasteiger partial charge is 0.497 e. The van der Waals surface area contributed by atoms with Gasteiger partial charge in [0.2, 0.25) is 11.8 Å². The van der Waals surface area contributed by atoms with Crippen LogP contribution in [0.15, 0.2) is 36.5 Å². The van der Waals surface area contributed by atoms with Gasteiger partial charge in [-0.3, -0.25) is 9.59 Å². The summed E-state index contributed by atoms with van der Waals surface area (Å²) in [5.41, 5.74) is 5.89. The lowest BCUT2D eigenvalue weighted by Gasteiger charge is -2.12. The monoisotopic (exact) mass is 301 g/mol. The second-order valence-electron chi connectivity index (χ2n) is 4.37. The number of carbonyl (C=O) groups excluding carboxylic acids is 2. The number of methoxy groups -OCH3 is 1. The molecule has 0 saturated heterocycles. The average molecular weight is 301 g/mol. The number of rotatable bonds is 5. The minimum atomic E-state index is -0.661. The van der Waals surface area contributed by atoms with Crippen molar-refractivity contribution in [2.75, 3.05) is 12.4 Å². The third-order valence-electron chi connectivity index (χ3n) is 2.74. The molecule has 1 heterocycles. The molecule has 114 valence electrons. The zero-order valence-electron chi connectivity index (χ0n) is 12.1. The number of amides is 2. The van der Waals surface area contributed by atoms with Gasteiger partial charge in [-0.15, -0.1) is 0 Å². The van der Waals surface area contributed by atoms with Gasteiger partial charge < -0.3 is 20.5 Å². The Bertz CT molecular complexity index is 716. The number of nitrogens with zero attached hydrogens (tertiary/aromatic N) is 1. The van der Waals surface area contributed by atoms with Gasteiger partial charge in [-0.1, -0.05) is 0 Å². The van der Waals surface area contributed by atoms with Crippen molar-refractivity contribution in [2.45, 2.75) is 6.92 Å². The van der Waals surface area contributed by atoms with Crippen molar-refractivity contribution in [3.8, 4) is 17.4 Å². The number of hydrogen-bond acceptors (Lipinski definition) is 5. The van der Waals surface area contributed by atoms with E-state index in [4.69, 9.17) is 15.2 Å². The summed E-state index contributed by atoms with van der Waals surface area (Å²) >= 11 is 0. The number of nitrogens with one attached hydrogen (secondary N) is 1. The van der Waals surface area contributed by atoms with E-state index in [1.54, 1.807) is 24.3 Å². The predicted octanol–water partition coefficient (Wildman–Crippen LogP) is 1.94. The highest BCUT2D eigenvalue weighted by atomic mass is 16.5. The molecule has 0 fully saturated rings. The summed E-state index contributed by atoms with van der Waals surface area (Å²) in [6, 6.07) is 7.94. The lowest BCUT2D eigenvalue weighted by molar-refractivity contribution is -0.114. The molecule has 1 aromatic carbocycles. The molecule has 0 aliphatic heterocycles. The molecule has 2 rings (SSSR count). The summed E-state index contributed by atoms with van der Waals surface area (Å²) < 4.78 is 10.7. The SMILES string of the molecule is COc1ccc(Oc2ncccc2NC(C)=O)c(C(N)=O)c1. The first-order valence-corrected chi connectivity index (χ1v) is 6.39. The maximum Gasteiger partial charge on any atom is 0.252 e. The number of nitrogens with two attached hydrogens (primary N) is 1. The highest BCUT2D eigenvalue weighted by Crippen LogP contribution is 2.31. The van der Waals surface area contributed by atoms with E-state index < -0.39 is 5.91 Å². The molecular weight excluding hydrogens is 286 g/mol. The first-order chi connectivity index (χ1) is 10.5. The molecule has 2 amide bonds. The van der Waals surface area contributed by atoms with Crippen LogP contribution < -0.4 is 20.5 Å². The van der Waals surface area contributed by atoms with E-state index in [0.717, 1.165) is 0 Å². The van der Waals surface area contributed by atoms with Crippen molar-refractivity contribution < 1.29 is 19.1 Å². The maximum absolute atomic E-state index is 11.5. The first-order valence-electron chi connectivity index (χ1n) is 6.39. The summed E-state index contributed by atoms with van der Waals surface area (Å²) in [5.74, 6) is -0.0677. The van der Waals surface area contributed by atoms with Crippen LogP contribution in [0.25, 0.3) is 0 Å². The number of benzene rings is 1. The van der Waals surface area contributed by atoms with E-state index in [9.17, 15) is 9.59 Å².